The molecule has 0 aliphatic rings. The van der Waals surface area contributed by atoms with Crippen LogP contribution in [0.3, 0.4) is 0 Å². The van der Waals surface area contributed by atoms with Gasteiger partial charge in [0.25, 0.3) is 0 Å². The van der Waals surface area contributed by atoms with Gasteiger partial charge in [-0.25, -0.2) is 14.5 Å². The molecule has 7 heteroatoms. The molecule has 3 aromatic rings. The second-order valence-electron chi connectivity index (χ2n) is 5.26. The number of aromatic nitrogens is 4. The van der Waals surface area contributed by atoms with E-state index in [2.05, 4.69) is 20.7 Å². The highest BCUT2D eigenvalue weighted by Crippen LogP contribution is 2.13. The van der Waals surface area contributed by atoms with E-state index in [4.69, 9.17) is 0 Å². The molecule has 118 valence electrons. The third kappa shape index (κ3) is 3.97. The van der Waals surface area contributed by atoms with Gasteiger partial charge in [0.15, 0.2) is 0 Å². The fourth-order valence-corrected chi connectivity index (χ4v) is 2.30. The Labute approximate surface area is 134 Å². The molecule has 1 unspecified atom stereocenters. The lowest BCUT2D eigenvalue weighted by molar-refractivity contribution is 0.248. The topological polar surface area (TPSA) is 76.8 Å². The van der Waals surface area contributed by atoms with Crippen LogP contribution in [0.25, 0.3) is 5.69 Å². The molecule has 0 bridgehead atoms. The molecule has 23 heavy (non-hydrogen) atoms. The van der Waals surface area contributed by atoms with E-state index < -0.39 is 0 Å². The minimum atomic E-state index is -0.241. The molecule has 0 fully saturated rings. The summed E-state index contributed by atoms with van der Waals surface area (Å²) >= 11 is 0. The predicted molar refractivity (Wildman–Crippen MR) is 87.4 cm³/mol. The number of hydrogen-bond acceptors (Lipinski definition) is 3. The summed E-state index contributed by atoms with van der Waals surface area (Å²) in [5, 5.41) is 9.92. The molecule has 0 aliphatic carbocycles. The van der Waals surface area contributed by atoms with E-state index in [1.165, 1.54) is 0 Å². The first-order chi connectivity index (χ1) is 11.2. The summed E-state index contributed by atoms with van der Waals surface area (Å²) in [4.78, 5) is 16.1. The number of nitrogens with zero attached hydrogens (tertiary/aromatic N) is 4. The van der Waals surface area contributed by atoms with Crippen LogP contribution in [-0.4, -0.2) is 31.4 Å². The summed E-state index contributed by atoms with van der Waals surface area (Å²) in [7, 11) is 0. The smallest absolute Gasteiger partial charge is 0.319 e. The van der Waals surface area contributed by atoms with E-state index >= 15 is 0 Å². The van der Waals surface area contributed by atoms with Crippen LogP contribution >= 0.6 is 0 Å². The van der Waals surface area contributed by atoms with Crippen molar-refractivity contribution in [3.8, 4) is 5.69 Å². The fraction of sp³-hybridized carbons (Fsp3) is 0.188. The Bertz CT molecular complexity index is 751. The van der Waals surface area contributed by atoms with Gasteiger partial charge in [-0.2, -0.15) is 5.10 Å². The summed E-state index contributed by atoms with van der Waals surface area (Å²) < 4.78 is 3.66. The molecule has 1 atom stereocenters. The molecule has 0 saturated carbocycles. The zero-order valence-electron chi connectivity index (χ0n) is 12.8. The van der Waals surface area contributed by atoms with Crippen molar-refractivity contribution in [2.45, 2.75) is 19.5 Å². The van der Waals surface area contributed by atoms with Crippen molar-refractivity contribution in [3.63, 3.8) is 0 Å². The zero-order chi connectivity index (χ0) is 16.1. The third-order valence-electron chi connectivity index (χ3n) is 3.29. The molecule has 7 nitrogen and oxygen atoms in total. The average Bonchev–Trinajstić information content (AvgIpc) is 3.20. The molecule has 0 spiro atoms. The van der Waals surface area contributed by atoms with Gasteiger partial charge in [-0.3, -0.25) is 0 Å². The van der Waals surface area contributed by atoms with Crippen molar-refractivity contribution in [2.24, 2.45) is 0 Å². The van der Waals surface area contributed by atoms with Gasteiger partial charge in [-0.05, 0) is 31.2 Å². The number of carbonyl (C=O) groups excluding carboxylic acids is 1. The highest BCUT2D eigenvalue weighted by atomic mass is 16.2. The molecule has 2 aromatic heterocycles. The SMILES string of the molecule is CC(Cn1ccnc1)NC(=O)Nc1cccc(-n2cccn2)c1. The fourth-order valence-electron chi connectivity index (χ4n) is 2.30. The quantitative estimate of drug-likeness (QED) is 0.759. The van der Waals surface area contributed by atoms with Gasteiger partial charge in [0, 0.05) is 43.1 Å². The Hall–Kier alpha value is -3.09. The van der Waals surface area contributed by atoms with Crippen LogP contribution < -0.4 is 10.6 Å². The second-order valence-corrected chi connectivity index (χ2v) is 5.26. The average molecular weight is 310 g/mol. The Morgan fingerprint density at radius 3 is 2.91 bits per heavy atom. The maximum Gasteiger partial charge on any atom is 0.319 e. The first-order valence-corrected chi connectivity index (χ1v) is 7.34. The zero-order valence-corrected chi connectivity index (χ0v) is 12.8. The van der Waals surface area contributed by atoms with Crippen molar-refractivity contribution in [3.05, 3.63) is 61.4 Å². The number of anilines is 1. The highest BCUT2D eigenvalue weighted by Gasteiger charge is 2.08. The van der Waals surface area contributed by atoms with Crippen molar-refractivity contribution >= 4 is 11.7 Å². The van der Waals surface area contributed by atoms with E-state index in [9.17, 15) is 4.79 Å². The maximum atomic E-state index is 12.1. The standard InChI is InChI=1S/C16H18N6O/c1-13(11-21-9-7-17-12-21)19-16(23)20-14-4-2-5-15(10-14)22-8-3-6-18-22/h2-10,12-13H,11H2,1H3,(H2,19,20,23). The Kier molecular flexibility index (Phi) is 4.37. The first-order valence-electron chi connectivity index (χ1n) is 7.34. The molecule has 2 N–H and O–H groups in total. The summed E-state index contributed by atoms with van der Waals surface area (Å²) in [5.41, 5.74) is 1.60. The van der Waals surface area contributed by atoms with E-state index in [0.717, 1.165) is 5.69 Å². The van der Waals surface area contributed by atoms with E-state index in [-0.39, 0.29) is 12.1 Å². The second kappa shape index (κ2) is 6.78. The van der Waals surface area contributed by atoms with Crippen LogP contribution in [0.5, 0.6) is 0 Å². The molecule has 2 amide bonds. The van der Waals surface area contributed by atoms with E-state index in [0.29, 0.717) is 12.2 Å². The van der Waals surface area contributed by atoms with Crippen LogP contribution in [-0.2, 0) is 6.54 Å². The van der Waals surface area contributed by atoms with E-state index in [1.54, 1.807) is 23.4 Å². The van der Waals surface area contributed by atoms with Crippen molar-refractivity contribution in [2.75, 3.05) is 5.32 Å². The van der Waals surface area contributed by atoms with Gasteiger partial charge in [0.2, 0.25) is 0 Å². The molecule has 1 aromatic carbocycles. The van der Waals surface area contributed by atoms with Gasteiger partial charge in [-0.15, -0.1) is 0 Å². The molecule has 0 radical (unpaired) electrons. The number of nitrogens with one attached hydrogen (secondary N) is 2. The van der Waals surface area contributed by atoms with Gasteiger partial charge >= 0.3 is 6.03 Å². The van der Waals surface area contributed by atoms with Crippen LogP contribution in [0, 0.1) is 0 Å². The normalized spacial score (nSPS) is 11.9. The lowest BCUT2D eigenvalue weighted by atomic mass is 10.3. The first kappa shape index (κ1) is 14.8. The van der Waals surface area contributed by atoms with Gasteiger partial charge in [0.05, 0.1) is 12.0 Å². The van der Waals surface area contributed by atoms with Crippen LogP contribution in [0.1, 0.15) is 6.92 Å². The number of imidazole rings is 1. The number of rotatable bonds is 5. The lowest BCUT2D eigenvalue weighted by Crippen LogP contribution is -2.38. The molecule has 0 aliphatic heterocycles. The molecule has 3 rings (SSSR count). The van der Waals surface area contributed by atoms with Gasteiger partial charge in [-0.1, -0.05) is 6.07 Å². The monoisotopic (exact) mass is 310 g/mol. The van der Waals surface area contributed by atoms with Crippen LogP contribution in [0.15, 0.2) is 61.4 Å². The number of hydrogen-bond donors (Lipinski definition) is 2. The summed E-state index contributed by atoms with van der Waals surface area (Å²) in [6, 6.07) is 9.11. The van der Waals surface area contributed by atoms with Crippen molar-refractivity contribution in [1.82, 2.24) is 24.6 Å². The lowest BCUT2D eigenvalue weighted by Gasteiger charge is -2.15. The third-order valence-corrected chi connectivity index (χ3v) is 3.29. The largest absolute Gasteiger partial charge is 0.335 e. The van der Waals surface area contributed by atoms with Crippen LogP contribution in [0.2, 0.25) is 0 Å². The van der Waals surface area contributed by atoms with E-state index in [1.807, 2.05) is 54.2 Å². The Morgan fingerprint density at radius 2 is 2.17 bits per heavy atom. The number of benzene rings is 1. The number of carbonyl (C=O) groups is 1. The van der Waals surface area contributed by atoms with Crippen molar-refractivity contribution in [1.29, 1.82) is 0 Å². The Balaban J connectivity index is 1.58. The van der Waals surface area contributed by atoms with Crippen LogP contribution in [0.4, 0.5) is 10.5 Å². The number of urea groups is 1. The minimum Gasteiger partial charge on any atom is -0.335 e. The minimum absolute atomic E-state index is 0.0153. The predicted octanol–water partition coefficient (Wildman–Crippen LogP) is 2.28. The summed E-state index contributed by atoms with van der Waals surface area (Å²) in [6.45, 7) is 2.61. The van der Waals surface area contributed by atoms with Gasteiger partial charge in [0.1, 0.15) is 0 Å². The molecular weight excluding hydrogens is 292 g/mol. The summed E-state index contributed by atoms with van der Waals surface area (Å²) in [6.07, 6.45) is 8.87. The molecule has 0 saturated heterocycles. The molecule has 2 heterocycles. The van der Waals surface area contributed by atoms with Gasteiger partial charge < -0.3 is 15.2 Å². The summed E-state index contributed by atoms with van der Waals surface area (Å²) in [5.74, 6) is 0. The highest BCUT2D eigenvalue weighted by molar-refractivity contribution is 5.89. The van der Waals surface area contributed by atoms with Crippen molar-refractivity contribution < 1.29 is 4.79 Å². The number of amides is 2. The molecular formula is C16H18N6O. The maximum absolute atomic E-state index is 12.1. The Morgan fingerprint density at radius 1 is 1.26 bits per heavy atom.